The number of likely N-dealkylation sites (N-methyl/N-ethyl adjacent to an activating group) is 1. The predicted molar refractivity (Wildman–Crippen MR) is 87.1 cm³/mol. The molecule has 0 aromatic carbocycles. The van der Waals surface area contributed by atoms with Crippen LogP contribution in [-0.2, 0) is 4.79 Å². The zero-order valence-electron chi connectivity index (χ0n) is 13.9. The summed E-state index contributed by atoms with van der Waals surface area (Å²) in [6, 6.07) is 0.461. The second-order valence-electron chi connectivity index (χ2n) is 7.29. The van der Waals surface area contributed by atoms with Crippen molar-refractivity contribution in [2.24, 2.45) is 11.1 Å². The van der Waals surface area contributed by atoms with Crippen molar-refractivity contribution in [2.45, 2.75) is 63.8 Å². The minimum Gasteiger partial charge on any atom is -0.338 e. The van der Waals surface area contributed by atoms with Crippen molar-refractivity contribution >= 4 is 5.91 Å². The third-order valence-corrected chi connectivity index (χ3v) is 5.47. The van der Waals surface area contributed by atoms with Crippen LogP contribution >= 0.6 is 0 Å². The summed E-state index contributed by atoms with van der Waals surface area (Å²) in [5.41, 5.74) is 5.82. The molecule has 2 aliphatic rings. The van der Waals surface area contributed by atoms with Gasteiger partial charge >= 0.3 is 0 Å². The van der Waals surface area contributed by atoms with Gasteiger partial charge in [0, 0.05) is 25.7 Å². The Hall–Kier alpha value is -0.610. The van der Waals surface area contributed by atoms with Crippen LogP contribution < -0.4 is 5.73 Å². The van der Waals surface area contributed by atoms with E-state index >= 15 is 0 Å². The molecular weight excluding hydrogens is 262 g/mol. The molecule has 0 spiro atoms. The average molecular weight is 295 g/mol. The molecule has 2 aliphatic carbocycles. The van der Waals surface area contributed by atoms with E-state index in [4.69, 9.17) is 5.73 Å². The van der Waals surface area contributed by atoms with Crippen molar-refractivity contribution in [3.8, 4) is 0 Å². The van der Waals surface area contributed by atoms with Gasteiger partial charge in [-0.15, -0.1) is 0 Å². The van der Waals surface area contributed by atoms with Gasteiger partial charge in [-0.3, -0.25) is 4.79 Å². The Balaban J connectivity index is 2.11. The van der Waals surface area contributed by atoms with Crippen molar-refractivity contribution in [3.63, 3.8) is 0 Å². The fourth-order valence-corrected chi connectivity index (χ4v) is 4.01. The monoisotopic (exact) mass is 295 g/mol. The highest BCUT2D eigenvalue weighted by Crippen LogP contribution is 2.38. The first-order valence-electron chi connectivity index (χ1n) is 8.75. The van der Waals surface area contributed by atoms with E-state index in [1.165, 1.54) is 32.1 Å². The van der Waals surface area contributed by atoms with Crippen molar-refractivity contribution in [2.75, 3.05) is 33.7 Å². The highest BCUT2D eigenvalue weighted by molar-refractivity contribution is 5.83. The van der Waals surface area contributed by atoms with Crippen molar-refractivity contribution in [3.05, 3.63) is 0 Å². The van der Waals surface area contributed by atoms with E-state index in [0.29, 0.717) is 18.5 Å². The van der Waals surface area contributed by atoms with Gasteiger partial charge in [0.2, 0.25) is 5.91 Å². The molecular formula is C17H33N3O. The molecule has 0 saturated heterocycles. The summed E-state index contributed by atoms with van der Waals surface area (Å²) in [5, 5.41) is 0. The number of carbonyl (C=O) groups excluding carboxylic acids is 1. The molecule has 4 nitrogen and oxygen atoms in total. The highest BCUT2D eigenvalue weighted by Gasteiger charge is 2.42. The quantitative estimate of drug-likeness (QED) is 0.817. The van der Waals surface area contributed by atoms with Crippen molar-refractivity contribution < 1.29 is 4.79 Å². The molecule has 4 heteroatoms. The smallest absolute Gasteiger partial charge is 0.230 e. The summed E-state index contributed by atoms with van der Waals surface area (Å²) in [4.78, 5) is 17.6. The Labute approximate surface area is 130 Å². The molecule has 2 rings (SSSR count). The Morgan fingerprint density at radius 2 is 1.67 bits per heavy atom. The second kappa shape index (κ2) is 7.59. The van der Waals surface area contributed by atoms with Gasteiger partial charge in [-0.1, -0.05) is 32.1 Å². The van der Waals surface area contributed by atoms with E-state index < -0.39 is 0 Å². The van der Waals surface area contributed by atoms with Gasteiger partial charge in [-0.05, 0) is 39.8 Å². The van der Waals surface area contributed by atoms with E-state index in [2.05, 4.69) is 23.9 Å². The lowest BCUT2D eigenvalue weighted by Gasteiger charge is -2.41. The van der Waals surface area contributed by atoms with Crippen molar-refractivity contribution in [1.29, 1.82) is 0 Å². The van der Waals surface area contributed by atoms with Crippen molar-refractivity contribution in [1.82, 2.24) is 9.80 Å². The minimum atomic E-state index is -0.257. The first kappa shape index (κ1) is 16.8. The van der Waals surface area contributed by atoms with Crippen LogP contribution in [-0.4, -0.2) is 55.5 Å². The molecule has 0 heterocycles. The lowest BCUT2D eigenvalue weighted by atomic mass is 9.72. The minimum absolute atomic E-state index is 0.257. The first-order chi connectivity index (χ1) is 10.1. The Bertz CT molecular complexity index is 331. The number of amides is 1. The maximum absolute atomic E-state index is 13.3. The topological polar surface area (TPSA) is 49.6 Å². The van der Waals surface area contributed by atoms with Gasteiger partial charge in [0.15, 0.2) is 0 Å². The average Bonchev–Trinajstić information content (AvgIpc) is 3.02. The first-order valence-corrected chi connectivity index (χ1v) is 8.75. The number of hydrogen-bond donors (Lipinski definition) is 1. The molecule has 0 aromatic heterocycles. The maximum Gasteiger partial charge on any atom is 0.230 e. The SMILES string of the molecule is CN(C)CCN(C(=O)C1(CN)CCCCC1)C1CCCC1. The molecule has 2 N–H and O–H groups in total. The van der Waals surface area contributed by atoms with Gasteiger partial charge < -0.3 is 15.5 Å². The van der Waals surface area contributed by atoms with Crippen LogP contribution in [0.1, 0.15) is 57.8 Å². The lowest BCUT2D eigenvalue weighted by Crippen LogP contribution is -2.53. The standard InChI is InChI=1S/C17H33N3O/c1-19(2)12-13-20(15-8-4-5-9-15)16(21)17(14-18)10-6-3-7-11-17/h15H,3-14,18H2,1-2H3. The number of nitrogens with zero attached hydrogens (tertiary/aromatic N) is 2. The third-order valence-electron chi connectivity index (χ3n) is 5.47. The summed E-state index contributed by atoms with van der Waals surface area (Å²) in [7, 11) is 4.16. The molecule has 21 heavy (non-hydrogen) atoms. The molecule has 0 radical (unpaired) electrons. The molecule has 0 atom stereocenters. The largest absolute Gasteiger partial charge is 0.338 e. The zero-order valence-corrected chi connectivity index (χ0v) is 13.9. The number of carbonyl (C=O) groups is 1. The molecule has 0 aromatic rings. The van der Waals surface area contributed by atoms with Crippen LogP contribution in [0.3, 0.4) is 0 Å². The Kier molecular flexibility index (Phi) is 6.06. The Morgan fingerprint density at radius 1 is 1.05 bits per heavy atom. The van der Waals surface area contributed by atoms with Gasteiger partial charge in [-0.25, -0.2) is 0 Å². The molecule has 0 unspecified atom stereocenters. The predicted octanol–water partition coefficient (Wildman–Crippen LogP) is 2.23. The lowest BCUT2D eigenvalue weighted by molar-refractivity contribution is -0.146. The third kappa shape index (κ3) is 3.98. The fraction of sp³-hybridized carbons (Fsp3) is 0.941. The molecule has 0 aliphatic heterocycles. The van der Waals surface area contributed by atoms with Crippen LogP contribution in [0.2, 0.25) is 0 Å². The molecule has 0 bridgehead atoms. The maximum atomic E-state index is 13.3. The van der Waals surface area contributed by atoms with Crippen LogP contribution in [0.5, 0.6) is 0 Å². The summed E-state index contributed by atoms with van der Waals surface area (Å²) in [6.45, 7) is 2.33. The van der Waals surface area contributed by atoms with E-state index in [0.717, 1.165) is 38.8 Å². The number of nitrogens with two attached hydrogens (primary N) is 1. The van der Waals surface area contributed by atoms with Gasteiger partial charge in [0.05, 0.1) is 5.41 Å². The fourth-order valence-electron chi connectivity index (χ4n) is 4.01. The second-order valence-corrected chi connectivity index (χ2v) is 7.29. The summed E-state index contributed by atoms with van der Waals surface area (Å²) in [6.07, 6.45) is 10.5. The highest BCUT2D eigenvalue weighted by atomic mass is 16.2. The van der Waals surface area contributed by atoms with Gasteiger partial charge in [0.25, 0.3) is 0 Å². The molecule has 122 valence electrons. The van der Waals surface area contributed by atoms with E-state index in [-0.39, 0.29) is 5.41 Å². The van der Waals surface area contributed by atoms with E-state index in [1.807, 2.05) is 0 Å². The summed E-state index contributed by atoms with van der Waals surface area (Å²) < 4.78 is 0. The molecule has 1 amide bonds. The molecule has 2 fully saturated rings. The normalized spacial score (nSPS) is 22.7. The van der Waals surface area contributed by atoms with Crippen LogP contribution in [0.25, 0.3) is 0 Å². The summed E-state index contributed by atoms with van der Waals surface area (Å²) in [5.74, 6) is 0.360. The molecule has 2 saturated carbocycles. The number of hydrogen-bond acceptors (Lipinski definition) is 3. The summed E-state index contributed by atoms with van der Waals surface area (Å²) >= 11 is 0. The van der Waals surface area contributed by atoms with E-state index in [1.54, 1.807) is 0 Å². The van der Waals surface area contributed by atoms with Crippen LogP contribution in [0, 0.1) is 5.41 Å². The van der Waals surface area contributed by atoms with Crippen LogP contribution in [0.15, 0.2) is 0 Å². The zero-order chi connectivity index (χ0) is 15.3. The Morgan fingerprint density at radius 3 is 2.19 bits per heavy atom. The van der Waals surface area contributed by atoms with Gasteiger partial charge in [0.1, 0.15) is 0 Å². The van der Waals surface area contributed by atoms with Gasteiger partial charge in [-0.2, -0.15) is 0 Å². The number of rotatable bonds is 6. The van der Waals surface area contributed by atoms with Crippen LogP contribution in [0.4, 0.5) is 0 Å². The van der Waals surface area contributed by atoms with E-state index in [9.17, 15) is 4.79 Å².